The summed E-state index contributed by atoms with van der Waals surface area (Å²) in [4.78, 5) is 15.2. The first-order chi connectivity index (χ1) is 7.13. The lowest BCUT2D eigenvalue weighted by Gasteiger charge is -2.10. The Hall–Kier alpha value is -1.63. The number of H-pyrrole nitrogens is 1. The molecule has 0 bridgehead atoms. The minimum Gasteiger partial charge on any atom is -0.369 e. The third-order valence-corrected chi connectivity index (χ3v) is 1.76. The number of nitrogens with two attached hydrogens (primary N) is 1. The highest BCUT2D eigenvalue weighted by atomic mass is 16.5. The maximum atomic E-state index is 11.4. The van der Waals surface area contributed by atoms with Gasteiger partial charge in [-0.3, -0.25) is 9.89 Å². The van der Waals surface area contributed by atoms with Crippen LogP contribution in [-0.2, 0) is 16.1 Å². The van der Waals surface area contributed by atoms with Gasteiger partial charge in [0.1, 0.15) is 11.9 Å². The summed E-state index contributed by atoms with van der Waals surface area (Å²) >= 11 is 0. The molecule has 1 atom stereocenters. The molecule has 0 unspecified atom stereocenters. The van der Waals surface area contributed by atoms with Crippen LogP contribution in [0.25, 0.3) is 0 Å². The molecule has 0 aliphatic carbocycles. The molecule has 0 radical (unpaired) electrons. The molecule has 1 rings (SSSR count). The topological polar surface area (TPSA) is 106 Å². The molecule has 0 spiro atoms. The molecule has 84 valence electrons. The number of anilines is 1. The maximum Gasteiger partial charge on any atom is 0.249 e. The summed E-state index contributed by atoms with van der Waals surface area (Å²) in [5.41, 5.74) is 5.30. The Morgan fingerprint density at radius 2 is 2.47 bits per heavy atom. The number of carbonyl (C=O) groups excluding carboxylic acids is 1. The SMILES string of the molecule is CCO[C@H](C)C(=O)NCc1nc(N)n[nH]1. The van der Waals surface area contributed by atoms with Gasteiger partial charge in [-0.05, 0) is 13.8 Å². The predicted octanol–water partition coefficient (Wildman–Crippen LogP) is -0.572. The number of nitrogens with one attached hydrogen (secondary N) is 2. The van der Waals surface area contributed by atoms with Gasteiger partial charge in [-0.25, -0.2) is 0 Å². The van der Waals surface area contributed by atoms with Gasteiger partial charge in [0.2, 0.25) is 11.9 Å². The van der Waals surface area contributed by atoms with E-state index in [4.69, 9.17) is 10.5 Å². The number of aromatic nitrogens is 3. The normalized spacial score (nSPS) is 12.4. The number of amides is 1. The zero-order valence-corrected chi connectivity index (χ0v) is 8.78. The van der Waals surface area contributed by atoms with Crippen molar-refractivity contribution >= 4 is 11.9 Å². The molecule has 7 heteroatoms. The van der Waals surface area contributed by atoms with E-state index in [0.29, 0.717) is 12.4 Å². The molecular weight excluding hydrogens is 198 g/mol. The molecule has 1 aromatic rings. The second-order valence-electron chi connectivity index (χ2n) is 2.96. The third kappa shape index (κ3) is 3.55. The molecule has 1 heterocycles. The van der Waals surface area contributed by atoms with E-state index in [1.54, 1.807) is 6.92 Å². The minimum atomic E-state index is -0.463. The molecule has 7 nitrogen and oxygen atoms in total. The van der Waals surface area contributed by atoms with Gasteiger partial charge in [-0.15, -0.1) is 5.10 Å². The monoisotopic (exact) mass is 213 g/mol. The third-order valence-electron chi connectivity index (χ3n) is 1.76. The Morgan fingerprint density at radius 3 is 3.00 bits per heavy atom. The van der Waals surface area contributed by atoms with Crippen LogP contribution < -0.4 is 11.1 Å². The number of ether oxygens (including phenoxy) is 1. The first kappa shape index (κ1) is 11.4. The summed E-state index contributed by atoms with van der Waals surface area (Å²) in [6.07, 6.45) is -0.463. The van der Waals surface area contributed by atoms with E-state index in [-0.39, 0.29) is 18.4 Å². The number of nitrogens with zero attached hydrogens (tertiary/aromatic N) is 2. The van der Waals surface area contributed by atoms with E-state index in [1.807, 2.05) is 6.92 Å². The van der Waals surface area contributed by atoms with Gasteiger partial charge in [0.15, 0.2) is 0 Å². The zero-order valence-electron chi connectivity index (χ0n) is 8.78. The van der Waals surface area contributed by atoms with Crippen molar-refractivity contribution in [3.05, 3.63) is 5.82 Å². The second kappa shape index (κ2) is 5.30. The van der Waals surface area contributed by atoms with Gasteiger partial charge in [-0.1, -0.05) is 0 Å². The fourth-order valence-electron chi connectivity index (χ4n) is 1.03. The van der Waals surface area contributed by atoms with Crippen LogP contribution in [0, 0.1) is 0 Å². The Balaban J connectivity index is 2.34. The van der Waals surface area contributed by atoms with Crippen molar-refractivity contribution in [2.24, 2.45) is 0 Å². The largest absolute Gasteiger partial charge is 0.369 e. The van der Waals surface area contributed by atoms with Crippen LogP contribution in [-0.4, -0.2) is 33.8 Å². The molecule has 4 N–H and O–H groups in total. The standard InChI is InChI=1S/C8H15N5O2/c1-3-15-5(2)7(14)10-4-6-11-8(9)13-12-6/h5H,3-4H2,1-2H3,(H,10,14)(H3,9,11,12,13)/t5-/m1/s1. The maximum absolute atomic E-state index is 11.4. The summed E-state index contributed by atoms with van der Waals surface area (Å²) in [6, 6.07) is 0. The van der Waals surface area contributed by atoms with E-state index in [0.717, 1.165) is 0 Å². The van der Waals surface area contributed by atoms with Gasteiger partial charge in [-0.2, -0.15) is 4.98 Å². The Labute approximate surface area is 87.4 Å². The van der Waals surface area contributed by atoms with Gasteiger partial charge < -0.3 is 15.8 Å². The van der Waals surface area contributed by atoms with E-state index in [2.05, 4.69) is 20.5 Å². The molecule has 1 amide bonds. The number of hydrogen-bond acceptors (Lipinski definition) is 5. The molecule has 1 aromatic heterocycles. The Morgan fingerprint density at radius 1 is 1.73 bits per heavy atom. The van der Waals surface area contributed by atoms with Crippen LogP contribution in [0.4, 0.5) is 5.95 Å². The summed E-state index contributed by atoms with van der Waals surface area (Å²) in [5, 5.41) is 8.87. The van der Waals surface area contributed by atoms with Crippen molar-refractivity contribution in [3.63, 3.8) is 0 Å². The van der Waals surface area contributed by atoms with Crippen molar-refractivity contribution in [1.82, 2.24) is 20.5 Å². The highest BCUT2D eigenvalue weighted by molar-refractivity contribution is 5.80. The fourth-order valence-corrected chi connectivity index (χ4v) is 1.03. The smallest absolute Gasteiger partial charge is 0.249 e. The zero-order chi connectivity index (χ0) is 11.3. The average Bonchev–Trinajstić information content (AvgIpc) is 2.61. The number of hydrogen-bond donors (Lipinski definition) is 3. The fraction of sp³-hybridized carbons (Fsp3) is 0.625. The molecule has 0 aliphatic rings. The lowest BCUT2D eigenvalue weighted by molar-refractivity contribution is -0.131. The Bertz CT molecular complexity index is 325. The lowest BCUT2D eigenvalue weighted by atomic mass is 10.3. The molecule has 0 aromatic carbocycles. The first-order valence-electron chi connectivity index (χ1n) is 4.69. The molecular formula is C8H15N5O2. The number of rotatable bonds is 5. The van der Waals surface area contributed by atoms with Crippen LogP contribution in [0.1, 0.15) is 19.7 Å². The number of aromatic amines is 1. The highest BCUT2D eigenvalue weighted by Crippen LogP contribution is 1.94. The molecule has 15 heavy (non-hydrogen) atoms. The van der Waals surface area contributed by atoms with Crippen molar-refractivity contribution in [1.29, 1.82) is 0 Å². The van der Waals surface area contributed by atoms with Crippen LogP contribution in [0.15, 0.2) is 0 Å². The minimum absolute atomic E-state index is 0.164. The summed E-state index contributed by atoms with van der Waals surface area (Å²) in [5.74, 6) is 0.494. The van der Waals surface area contributed by atoms with E-state index < -0.39 is 6.10 Å². The quantitative estimate of drug-likeness (QED) is 0.607. The summed E-state index contributed by atoms with van der Waals surface area (Å²) in [6.45, 7) is 4.29. The molecule has 0 saturated carbocycles. The van der Waals surface area contributed by atoms with Crippen molar-refractivity contribution in [2.75, 3.05) is 12.3 Å². The lowest BCUT2D eigenvalue weighted by Crippen LogP contribution is -2.34. The number of carbonyl (C=O) groups is 1. The summed E-state index contributed by atoms with van der Waals surface area (Å²) < 4.78 is 5.11. The van der Waals surface area contributed by atoms with Gasteiger partial charge in [0.25, 0.3) is 0 Å². The van der Waals surface area contributed by atoms with Crippen LogP contribution >= 0.6 is 0 Å². The van der Waals surface area contributed by atoms with E-state index in [1.165, 1.54) is 0 Å². The van der Waals surface area contributed by atoms with Crippen LogP contribution in [0.5, 0.6) is 0 Å². The van der Waals surface area contributed by atoms with Gasteiger partial charge in [0, 0.05) is 6.61 Å². The van der Waals surface area contributed by atoms with Crippen molar-refractivity contribution in [3.8, 4) is 0 Å². The molecule has 0 fully saturated rings. The van der Waals surface area contributed by atoms with Gasteiger partial charge in [0.05, 0.1) is 6.54 Å². The van der Waals surface area contributed by atoms with E-state index in [9.17, 15) is 4.79 Å². The first-order valence-corrected chi connectivity index (χ1v) is 4.69. The van der Waals surface area contributed by atoms with Crippen molar-refractivity contribution in [2.45, 2.75) is 26.5 Å². The number of nitrogen functional groups attached to an aromatic ring is 1. The van der Waals surface area contributed by atoms with Gasteiger partial charge >= 0.3 is 0 Å². The molecule has 0 aliphatic heterocycles. The second-order valence-corrected chi connectivity index (χ2v) is 2.96. The van der Waals surface area contributed by atoms with Crippen LogP contribution in [0.2, 0.25) is 0 Å². The highest BCUT2D eigenvalue weighted by Gasteiger charge is 2.12. The van der Waals surface area contributed by atoms with E-state index >= 15 is 0 Å². The average molecular weight is 213 g/mol. The predicted molar refractivity (Wildman–Crippen MR) is 53.7 cm³/mol. The van der Waals surface area contributed by atoms with Crippen LogP contribution in [0.3, 0.4) is 0 Å². The Kier molecular flexibility index (Phi) is 4.04. The molecule has 0 saturated heterocycles. The van der Waals surface area contributed by atoms with Crippen molar-refractivity contribution < 1.29 is 9.53 Å². The summed E-state index contributed by atoms with van der Waals surface area (Å²) in [7, 11) is 0.